The number of hydrogen-bond acceptors (Lipinski definition) is 1. The molecule has 1 nitrogen and oxygen atoms in total. The van der Waals surface area contributed by atoms with Crippen molar-refractivity contribution in [2.45, 2.75) is 45.8 Å². The molecular formula is C11H25NSi. The van der Waals surface area contributed by atoms with Crippen molar-refractivity contribution in [2.24, 2.45) is 0 Å². The fourth-order valence-corrected chi connectivity index (χ4v) is 2.99. The van der Waals surface area contributed by atoms with E-state index in [9.17, 15) is 0 Å². The third kappa shape index (κ3) is 3.28. The predicted molar refractivity (Wildman–Crippen MR) is 64.6 cm³/mol. The molecule has 0 saturated heterocycles. The number of likely N-dealkylation sites (N-methyl/N-ethyl adjacent to an activating group) is 1. The largest absolute Gasteiger partial charge is 0.322 e. The molecule has 0 aromatic rings. The Labute approximate surface area is 84.9 Å². The zero-order chi connectivity index (χ0) is 10.9. The smallest absolute Gasteiger partial charge is 0.127 e. The lowest BCUT2D eigenvalue weighted by atomic mass is 10.2. The van der Waals surface area contributed by atoms with Gasteiger partial charge in [0.15, 0.2) is 0 Å². The van der Waals surface area contributed by atoms with Crippen LogP contribution in [0.1, 0.15) is 27.7 Å². The van der Waals surface area contributed by atoms with Crippen molar-refractivity contribution in [3.8, 4) is 0 Å². The van der Waals surface area contributed by atoms with E-state index in [0.29, 0.717) is 5.04 Å². The van der Waals surface area contributed by atoms with Crippen molar-refractivity contribution in [2.75, 3.05) is 13.6 Å². The number of nitrogens with zero attached hydrogens (tertiary/aromatic N) is 1. The van der Waals surface area contributed by atoms with Gasteiger partial charge in [0, 0.05) is 6.54 Å². The molecule has 0 heterocycles. The number of hydrogen-bond donors (Lipinski definition) is 0. The summed E-state index contributed by atoms with van der Waals surface area (Å²) < 4.78 is 2.51. The van der Waals surface area contributed by atoms with Gasteiger partial charge in [0.25, 0.3) is 0 Å². The average molecular weight is 199 g/mol. The van der Waals surface area contributed by atoms with E-state index < -0.39 is 8.24 Å². The highest BCUT2D eigenvalue weighted by Crippen LogP contribution is 2.37. The second kappa shape index (κ2) is 3.97. The fourth-order valence-electron chi connectivity index (χ4n) is 1.18. The first-order chi connectivity index (χ1) is 5.59. The highest BCUT2D eigenvalue weighted by molar-refractivity contribution is 6.77. The minimum Gasteiger partial charge on any atom is -0.322 e. The van der Waals surface area contributed by atoms with E-state index >= 15 is 0 Å². The Morgan fingerprint density at radius 2 is 1.69 bits per heavy atom. The minimum atomic E-state index is -1.30. The maximum atomic E-state index is 3.97. The molecule has 0 fully saturated rings. The van der Waals surface area contributed by atoms with Crippen LogP contribution in [0.25, 0.3) is 0 Å². The van der Waals surface area contributed by atoms with E-state index in [0.717, 1.165) is 6.54 Å². The zero-order valence-electron chi connectivity index (χ0n) is 10.4. The molecule has 0 unspecified atom stereocenters. The highest BCUT2D eigenvalue weighted by atomic mass is 28.3. The van der Waals surface area contributed by atoms with Gasteiger partial charge in [0.2, 0.25) is 0 Å². The summed E-state index contributed by atoms with van der Waals surface area (Å²) in [7, 11) is 0.930. The quantitative estimate of drug-likeness (QED) is 0.497. The average Bonchev–Trinajstić information content (AvgIpc) is 1.82. The summed E-state index contributed by atoms with van der Waals surface area (Å²) in [4.78, 5) is 0. The molecule has 0 aromatic carbocycles. The SMILES string of the molecule is C=C(C)CN(C)[Si](C)(C)C(C)(C)C. The minimum absolute atomic E-state index is 0.428. The van der Waals surface area contributed by atoms with Gasteiger partial charge in [-0.15, -0.1) is 0 Å². The Morgan fingerprint density at radius 1 is 1.31 bits per heavy atom. The summed E-state index contributed by atoms with van der Waals surface area (Å²) in [6, 6.07) is 0. The van der Waals surface area contributed by atoms with E-state index in [-0.39, 0.29) is 0 Å². The molecule has 0 aliphatic carbocycles. The molecule has 0 rings (SSSR count). The van der Waals surface area contributed by atoms with Crippen LogP contribution in [0.4, 0.5) is 0 Å². The van der Waals surface area contributed by atoms with E-state index in [4.69, 9.17) is 0 Å². The third-order valence-electron chi connectivity index (χ3n) is 3.30. The Bertz CT molecular complexity index is 189. The van der Waals surface area contributed by atoms with Crippen LogP contribution in [0.3, 0.4) is 0 Å². The molecule has 0 radical (unpaired) electrons. The van der Waals surface area contributed by atoms with Gasteiger partial charge >= 0.3 is 0 Å². The highest BCUT2D eigenvalue weighted by Gasteiger charge is 2.38. The molecule has 0 N–H and O–H groups in total. The van der Waals surface area contributed by atoms with Crippen molar-refractivity contribution in [3.63, 3.8) is 0 Å². The summed E-state index contributed by atoms with van der Waals surface area (Å²) in [5.74, 6) is 0. The lowest BCUT2D eigenvalue weighted by molar-refractivity contribution is 0.503. The molecule has 0 aromatic heterocycles. The van der Waals surface area contributed by atoms with Crippen LogP contribution in [0.15, 0.2) is 12.2 Å². The monoisotopic (exact) mass is 199 g/mol. The fraction of sp³-hybridized carbons (Fsp3) is 0.818. The lowest BCUT2D eigenvalue weighted by Crippen LogP contribution is -2.53. The van der Waals surface area contributed by atoms with Crippen molar-refractivity contribution >= 4 is 8.24 Å². The topological polar surface area (TPSA) is 3.24 Å². The Balaban J connectivity index is 4.54. The normalized spacial score (nSPS) is 13.5. The first-order valence-electron chi connectivity index (χ1n) is 4.94. The van der Waals surface area contributed by atoms with Gasteiger partial charge in [-0.1, -0.05) is 46.0 Å². The van der Waals surface area contributed by atoms with E-state index in [2.05, 4.69) is 59.0 Å². The molecule has 0 saturated carbocycles. The van der Waals surface area contributed by atoms with Crippen molar-refractivity contribution in [1.82, 2.24) is 4.57 Å². The first kappa shape index (κ1) is 12.9. The predicted octanol–water partition coefficient (Wildman–Crippen LogP) is 3.50. The van der Waals surface area contributed by atoms with Crippen LogP contribution in [-0.4, -0.2) is 26.4 Å². The van der Waals surface area contributed by atoms with Gasteiger partial charge in [-0.3, -0.25) is 0 Å². The van der Waals surface area contributed by atoms with Crippen molar-refractivity contribution in [3.05, 3.63) is 12.2 Å². The first-order valence-corrected chi connectivity index (χ1v) is 7.89. The maximum absolute atomic E-state index is 3.97. The Morgan fingerprint density at radius 3 is 1.92 bits per heavy atom. The Kier molecular flexibility index (Phi) is 3.94. The van der Waals surface area contributed by atoms with E-state index in [1.165, 1.54) is 5.57 Å². The third-order valence-corrected chi connectivity index (χ3v) is 9.03. The molecule has 0 atom stereocenters. The molecule has 0 aliphatic heterocycles. The van der Waals surface area contributed by atoms with Gasteiger partial charge < -0.3 is 4.57 Å². The second-order valence-electron chi connectivity index (χ2n) is 5.62. The molecule has 13 heavy (non-hydrogen) atoms. The molecule has 2 heteroatoms. The van der Waals surface area contributed by atoms with Crippen LogP contribution in [0, 0.1) is 0 Å². The van der Waals surface area contributed by atoms with Gasteiger partial charge in [0.05, 0.1) is 0 Å². The van der Waals surface area contributed by atoms with Gasteiger partial charge in [0.1, 0.15) is 8.24 Å². The standard InChI is InChI=1S/C11H25NSi/c1-10(2)9-12(6)13(7,8)11(3,4)5/h1,9H2,2-8H3. The van der Waals surface area contributed by atoms with Gasteiger partial charge in [-0.2, -0.15) is 0 Å². The van der Waals surface area contributed by atoms with E-state index in [1.54, 1.807) is 0 Å². The molecule has 0 bridgehead atoms. The summed E-state index contributed by atoms with van der Waals surface area (Å²) >= 11 is 0. The lowest BCUT2D eigenvalue weighted by Gasteiger charge is -2.44. The second-order valence-corrected chi connectivity index (χ2v) is 11.0. The summed E-state index contributed by atoms with van der Waals surface area (Å²) in [6.45, 7) is 19.0. The van der Waals surface area contributed by atoms with Gasteiger partial charge in [-0.25, -0.2) is 0 Å². The molecule has 78 valence electrons. The van der Waals surface area contributed by atoms with Crippen LogP contribution in [0.5, 0.6) is 0 Å². The molecular weight excluding hydrogens is 174 g/mol. The van der Waals surface area contributed by atoms with Crippen molar-refractivity contribution in [1.29, 1.82) is 0 Å². The molecule has 0 amide bonds. The summed E-state index contributed by atoms with van der Waals surface area (Å²) in [6.07, 6.45) is 0. The summed E-state index contributed by atoms with van der Waals surface area (Å²) in [5, 5.41) is 0.428. The van der Waals surface area contributed by atoms with Crippen LogP contribution >= 0.6 is 0 Å². The van der Waals surface area contributed by atoms with Crippen LogP contribution in [-0.2, 0) is 0 Å². The van der Waals surface area contributed by atoms with E-state index in [1.807, 2.05) is 0 Å². The van der Waals surface area contributed by atoms with Gasteiger partial charge in [-0.05, 0) is 19.0 Å². The zero-order valence-corrected chi connectivity index (χ0v) is 11.4. The van der Waals surface area contributed by atoms with Crippen LogP contribution < -0.4 is 0 Å². The molecule has 0 spiro atoms. The maximum Gasteiger partial charge on any atom is 0.127 e. The summed E-state index contributed by atoms with van der Waals surface area (Å²) in [5.41, 5.74) is 1.26. The number of rotatable bonds is 3. The van der Waals surface area contributed by atoms with Crippen molar-refractivity contribution < 1.29 is 0 Å². The molecule has 0 aliphatic rings. The Hall–Kier alpha value is -0.0831. The van der Waals surface area contributed by atoms with Crippen LogP contribution in [0.2, 0.25) is 18.1 Å².